The van der Waals surface area contributed by atoms with Gasteiger partial charge in [0.15, 0.2) is 0 Å². The van der Waals surface area contributed by atoms with E-state index < -0.39 is 4.92 Å². The molecule has 0 aromatic heterocycles. The molecular weight excluding hydrogens is 366 g/mol. The molecule has 2 N–H and O–H groups in total. The zero-order valence-electron chi connectivity index (χ0n) is 15.2. The second-order valence-corrected chi connectivity index (χ2v) is 6.68. The van der Waals surface area contributed by atoms with Crippen LogP contribution in [0.2, 0.25) is 0 Å². The minimum atomic E-state index is -0.422. The van der Waals surface area contributed by atoms with Crippen LogP contribution in [0.4, 0.5) is 5.69 Å². The van der Waals surface area contributed by atoms with Gasteiger partial charge in [0.05, 0.1) is 4.92 Å². The van der Waals surface area contributed by atoms with Crippen LogP contribution in [-0.2, 0) is 6.42 Å². The lowest BCUT2D eigenvalue weighted by molar-refractivity contribution is -0.385. The Morgan fingerprint density at radius 3 is 2.52 bits per heavy atom. The summed E-state index contributed by atoms with van der Waals surface area (Å²) in [7, 11) is 0. The fourth-order valence-electron chi connectivity index (χ4n) is 3.70. The lowest BCUT2D eigenvalue weighted by atomic mass is 9.89. The van der Waals surface area contributed by atoms with Crippen molar-refractivity contribution in [2.24, 2.45) is 11.7 Å². The monoisotopic (exact) mass is 389 g/mol. The first-order chi connectivity index (χ1) is 12.5. The average Bonchev–Trinajstić information content (AvgIpc) is 3.12. The minimum absolute atomic E-state index is 0. The van der Waals surface area contributed by atoms with E-state index in [2.05, 4.69) is 12.1 Å². The minimum Gasteiger partial charge on any atom is -0.338 e. The van der Waals surface area contributed by atoms with Gasteiger partial charge in [0, 0.05) is 36.2 Å². The van der Waals surface area contributed by atoms with Crippen LogP contribution in [0.5, 0.6) is 0 Å². The Hall–Kier alpha value is -2.44. The number of nitrogens with two attached hydrogens (primary N) is 1. The Bertz CT molecular complexity index is 813. The van der Waals surface area contributed by atoms with Gasteiger partial charge in [0.25, 0.3) is 11.6 Å². The number of rotatable bonds is 5. The molecule has 1 fully saturated rings. The summed E-state index contributed by atoms with van der Waals surface area (Å²) in [6, 6.07) is 14.8. The number of nitro groups is 1. The summed E-state index contributed by atoms with van der Waals surface area (Å²) in [6.07, 6.45) is 0.555. The molecule has 1 aliphatic heterocycles. The van der Waals surface area contributed by atoms with E-state index >= 15 is 0 Å². The second kappa shape index (κ2) is 8.97. The van der Waals surface area contributed by atoms with Gasteiger partial charge in [-0.05, 0) is 30.5 Å². The van der Waals surface area contributed by atoms with Crippen molar-refractivity contribution in [2.75, 3.05) is 19.6 Å². The Morgan fingerprint density at radius 1 is 1.22 bits per heavy atom. The maximum Gasteiger partial charge on any atom is 0.273 e. The molecule has 3 rings (SSSR count). The number of hydrogen-bond donors (Lipinski definition) is 1. The van der Waals surface area contributed by atoms with Gasteiger partial charge >= 0.3 is 0 Å². The molecule has 0 radical (unpaired) electrons. The Kier molecular flexibility index (Phi) is 6.93. The summed E-state index contributed by atoms with van der Waals surface area (Å²) in [6.45, 7) is 3.51. The highest BCUT2D eigenvalue weighted by Crippen LogP contribution is 2.33. The predicted octanol–water partition coefficient (Wildman–Crippen LogP) is 3.39. The van der Waals surface area contributed by atoms with Crippen molar-refractivity contribution < 1.29 is 9.72 Å². The maximum atomic E-state index is 12.9. The average molecular weight is 390 g/mol. The van der Waals surface area contributed by atoms with E-state index in [0.717, 1.165) is 0 Å². The Balaban J connectivity index is 0.00000261. The molecule has 0 unspecified atom stereocenters. The van der Waals surface area contributed by atoms with Gasteiger partial charge in [-0.2, -0.15) is 0 Å². The van der Waals surface area contributed by atoms with Crippen molar-refractivity contribution in [3.63, 3.8) is 0 Å². The molecular formula is C20H24ClN3O3. The topological polar surface area (TPSA) is 89.5 Å². The lowest BCUT2D eigenvalue weighted by Crippen LogP contribution is -2.29. The van der Waals surface area contributed by atoms with Crippen molar-refractivity contribution in [2.45, 2.75) is 19.3 Å². The summed E-state index contributed by atoms with van der Waals surface area (Å²) in [5.41, 5.74) is 8.11. The summed E-state index contributed by atoms with van der Waals surface area (Å²) in [4.78, 5) is 25.5. The number of hydrogen-bond acceptors (Lipinski definition) is 4. The molecule has 0 bridgehead atoms. The molecule has 1 aliphatic rings. The molecule has 0 aliphatic carbocycles. The summed E-state index contributed by atoms with van der Waals surface area (Å²) >= 11 is 0. The van der Waals surface area contributed by atoms with Crippen molar-refractivity contribution in [3.8, 4) is 0 Å². The van der Waals surface area contributed by atoms with Crippen LogP contribution in [0.25, 0.3) is 0 Å². The van der Waals surface area contributed by atoms with E-state index in [9.17, 15) is 14.9 Å². The summed E-state index contributed by atoms with van der Waals surface area (Å²) in [5.74, 6) is 0.203. The molecule has 144 valence electrons. The van der Waals surface area contributed by atoms with Gasteiger partial charge in [0.1, 0.15) is 0 Å². The number of nitrogens with zero attached hydrogens (tertiary/aromatic N) is 2. The Labute approximate surface area is 164 Å². The van der Waals surface area contributed by atoms with Crippen LogP contribution in [0.3, 0.4) is 0 Å². The van der Waals surface area contributed by atoms with E-state index in [0.29, 0.717) is 37.2 Å². The first-order valence-electron chi connectivity index (χ1n) is 8.86. The van der Waals surface area contributed by atoms with E-state index in [1.165, 1.54) is 11.6 Å². The maximum absolute atomic E-state index is 12.9. The predicted molar refractivity (Wildman–Crippen MR) is 107 cm³/mol. The first-order valence-corrected chi connectivity index (χ1v) is 8.86. The van der Waals surface area contributed by atoms with Crippen LogP contribution in [0.1, 0.15) is 34.3 Å². The van der Waals surface area contributed by atoms with Crippen LogP contribution in [-0.4, -0.2) is 35.4 Å². The molecule has 0 saturated carbocycles. The van der Waals surface area contributed by atoms with Gasteiger partial charge in [-0.25, -0.2) is 0 Å². The Morgan fingerprint density at radius 2 is 1.93 bits per heavy atom. The van der Waals surface area contributed by atoms with Crippen LogP contribution < -0.4 is 5.73 Å². The third kappa shape index (κ3) is 4.28. The molecule has 7 heteroatoms. The number of likely N-dealkylation sites (tertiary alicyclic amines) is 1. The standard InChI is InChI=1S/C20H23N3O3.ClH/c1-2-14-8-9-16(10-19(14)23(25)26)20(24)22-12-17(11-21)18(13-22)15-6-4-3-5-7-15;/h3-10,17-18H,2,11-13,21H2,1H3;1H/t17-,18+;/m1./s1. The van der Waals surface area contributed by atoms with Crippen LogP contribution in [0, 0.1) is 16.0 Å². The van der Waals surface area contributed by atoms with Crippen molar-refractivity contribution in [1.29, 1.82) is 0 Å². The van der Waals surface area contributed by atoms with E-state index in [1.807, 2.05) is 25.1 Å². The van der Waals surface area contributed by atoms with E-state index in [4.69, 9.17) is 5.73 Å². The quantitative estimate of drug-likeness (QED) is 0.626. The number of halogens is 1. The zero-order chi connectivity index (χ0) is 18.7. The normalized spacial score (nSPS) is 18.8. The molecule has 1 amide bonds. The largest absolute Gasteiger partial charge is 0.338 e. The number of aryl methyl sites for hydroxylation is 1. The highest BCUT2D eigenvalue weighted by Gasteiger charge is 2.36. The lowest BCUT2D eigenvalue weighted by Gasteiger charge is -2.17. The molecule has 2 atom stereocenters. The van der Waals surface area contributed by atoms with Gasteiger partial charge in [-0.1, -0.05) is 43.3 Å². The smallest absolute Gasteiger partial charge is 0.273 e. The molecule has 2 aromatic rings. The molecule has 6 nitrogen and oxygen atoms in total. The highest BCUT2D eigenvalue weighted by molar-refractivity contribution is 5.95. The van der Waals surface area contributed by atoms with E-state index in [-0.39, 0.29) is 35.8 Å². The number of carbonyl (C=O) groups is 1. The highest BCUT2D eigenvalue weighted by atomic mass is 35.5. The number of amides is 1. The molecule has 1 heterocycles. The fraction of sp³-hybridized carbons (Fsp3) is 0.350. The van der Waals surface area contributed by atoms with Gasteiger partial charge in [0.2, 0.25) is 0 Å². The van der Waals surface area contributed by atoms with Crippen molar-refractivity contribution in [1.82, 2.24) is 4.90 Å². The molecule has 2 aromatic carbocycles. The molecule has 1 saturated heterocycles. The molecule has 27 heavy (non-hydrogen) atoms. The zero-order valence-corrected chi connectivity index (χ0v) is 16.0. The van der Waals surface area contributed by atoms with Crippen LogP contribution in [0.15, 0.2) is 48.5 Å². The first kappa shape index (κ1) is 20.9. The fourth-order valence-corrected chi connectivity index (χ4v) is 3.70. The van der Waals surface area contributed by atoms with Crippen molar-refractivity contribution in [3.05, 3.63) is 75.3 Å². The van der Waals surface area contributed by atoms with Crippen molar-refractivity contribution >= 4 is 24.0 Å². The molecule has 0 spiro atoms. The number of nitro benzene ring substituents is 1. The van der Waals surface area contributed by atoms with Crippen LogP contribution >= 0.6 is 12.4 Å². The number of benzene rings is 2. The summed E-state index contributed by atoms with van der Waals surface area (Å²) in [5, 5.41) is 11.3. The second-order valence-electron chi connectivity index (χ2n) is 6.68. The third-order valence-corrected chi connectivity index (χ3v) is 5.17. The van der Waals surface area contributed by atoms with Gasteiger partial charge in [-0.15, -0.1) is 12.4 Å². The summed E-state index contributed by atoms with van der Waals surface area (Å²) < 4.78 is 0. The SMILES string of the molecule is CCc1ccc(C(=O)N2C[C@@H](CN)[C@H](c3ccccc3)C2)cc1[N+](=O)[O-].Cl. The number of carbonyl (C=O) groups excluding carboxylic acids is 1. The third-order valence-electron chi connectivity index (χ3n) is 5.17. The van der Waals surface area contributed by atoms with Gasteiger partial charge < -0.3 is 10.6 Å². The van der Waals surface area contributed by atoms with E-state index in [1.54, 1.807) is 17.0 Å². The van der Waals surface area contributed by atoms with Gasteiger partial charge in [-0.3, -0.25) is 14.9 Å².